The van der Waals surface area contributed by atoms with Crippen molar-refractivity contribution >= 4 is 10.9 Å². The van der Waals surface area contributed by atoms with E-state index < -0.39 is 0 Å². The van der Waals surface area contributed by atoms with E-state index in [4.69, 9.17) is 14.7 Å². The number of aromatic nitrogens is 2. The first kappa shape index (κ1) is 32.5. The van der Waals surface area contributed by atoms with Crippen LogP contribution in [0, 0.1) is 0 Å². The third-order valence-corrected chi connectivity index (χ3v) is 10.7. The van der Waals surface area contributed by atoms with Gasteiger partial charge in [0, 0.05) is 29.4 Å². The highest BCUT2D eigenvalue weighted by Gasteiger charge is 2.18. The summed E-state index contributed by atoms with van der Waals surface area (Å²) in [5.41, 5.74) is 16.0. The second kappa shape index (κ2) is 14.0. The van der Waals surface area contributed by atoms with Crippen LogP contribution in [0.3, 0.4) is 0 Å². The van der Waals surface area contributed by atoms with Crippen LogP contribution in [0.4, 0.5) is 0 Å². The number of benzene rings is 8. The Morgan fingerprint density at radius 2 is 0.855 bits per heavy atom. The Bertz CT molecular complexity index is 2820. The monoisotopic (exact) mass is 704 g/mol. The number of fused-ring (bicyclic) bond motifs is 6. The second-order valence-electron chi connectivity index (χ2n) is 14.1. The zero-order valence-electron chi connectivity index (χ0n) is 30.2. The van der Waals surface area contributed by atoms with Crippen LogP contribution in [0.5, 0.6) is 11.5 Å². The predicted molar refractivity (Wildman–Crippen MR) is 225 cm³/mol. The molecule has 8 aromatic carbocycles. The fourth-order valence-corrected chi connectivity index (χ4v) is 7.81. The van der Waals surface area contributed by atoms with E-state index in [1.54, 1.807) is 0 Å². The van der Waals surface area contributed by atoms with E-state index in [0.29, 0.717) is 0 Å². The van der Waals surface area contributed by atoms with Gasteiger partial charge in [0.2, 0.25) is 0 Å². The van der Waals surface area contributed by atoms with Crippen LogP contribution < -0.4 is 4.74 Å². The molecule has 3 heteroatoms. The van der Waals surface area contributed by atoms with E-state index >= 15 is 0 Å². The van der Waals surface area contributed by atoms with Gasteiger partial charge in [-0.15, -0.1) is 0 Å². The summed E-state index contributed by atoms with van der Waals surface area (Å²) in [4.78, 5) is 10.2. The molecule has 2 heterocycles. The molecule has 0 atom stereocenters. The van der Waals surface area contributed by atoms with Crippen molar-refractivity contribution in [2.75, 3.05) is 0 Å². The van der Waals surface area contributed by atoms with Crippen molar-refractivity contribution in [1.29, 1.82) is 0 Å². The number of para-hydroxylation sites is 3. The SMILES string of the molecule is c1ccc(-c2ccc(-c3nc(-c4ccc(-c5ccc6c(c5)-c5ccccc5Cc5ccccc5Oc5ccccc5C6)cc4)c4ccccc4n3)cc2)cc1. The summed E-state index contributed by atoms with van der Waals surface area (Å²) in [7, 11) is 0. The molecule has 1 aliphatic heterocycles. The Balaban J connectivity index is 1.04. The first-order chi connectivity index (χ1) is 27.2. The number of nitrogens with zero attached hydrogens (tertiary/aromatic N) is 2. The van der Waals surface area contributed by atoms with Crippen molar-refractivity contribution in [3.05, 3.63) is 216 Å². The fourth-order valence-electron chi connectivity index (χ4n) is 7.81. The normalized spacial score (nSPS) is 12.0. The fraction of sp³-hybridized carbons (Fsp3) is 0.0385. The van der Waals surface area contributed by atoms with E-state index in [-0.39, 0.29) is 0 Å². The molecule has 0 amide bonds. The van der Waals surface area contributed by atoms with Crippen molar-refractivity contribution < 1.29 is 4.74 Å². The largest absolute Gasteiger partial charge is 0.457 e. The quantitative estimate of drug-likeness (QED) is 0.183. The molecule has 55 heavy (non-hydrogen) atoms. The van der Waals surface area contributed by atoms with Gasteiger partial charge in [-0.05, 0) is 79.9 Å². The first-order valence-corrected chi connectivity index (χ1v) is 18.8. The highest BCUT2D eigenvalue weighted by atomic mass is 16.5. The highest BCUT2D eigenvalue weighted by molar-refractivity contribution is 5.94. The van der Waals surface area contributed by atoms with Gasteiger partial charge in [0.05, 0.1) is 11.2 Å². The maximum atomic E-state index is 6.62. The minimum atomic E-state index is 0.717. The summed E-state index contributed by atoms with van der Waals surface area (Å²) in [6.45, 7) is 0. The average molecular weight is 705 g/mol. The lowest BCUT2D eigenvalue weighted by Gasteiger charge is -2.16. The zero-order chi connectivity index (χ0) is 36.6. The minimum Gasteiger partial charge on any atom is -0.457 e. The summed E-state index contributed by atoms with van der Waals surface area (Å²) in [5, 5.41) is 1.03. The molecule has 1 aromatic heterocycles. The standard InChI is InChI=1S/C52H36N2O/c1-2-12-35(13-3-1)36-24-28-39(29-25-36)52-53-48-19-9-8-18-46(48)51(54-52)38-26-22-37(23-27-38)40-30-31-42-33-44-16-6-11-21-50(44)55-49-20-10-5-15-43(49)32-41-14-4-7-17-45(41)47(42)34-40/h1-31,34H,32-33H2. The Hall–Kier alpha value is -7.10. The minimum absolute atomic E-state index is 0.717. The summed E-state index contributed by atoms with van der Waals surface area (Å²) in [6, 6.07) is 68.6. The van der Waals surface area contributed by atoms with Crippen LogP contribution in [0.25, 0.3) is 66.9 Å². The maximum absolute atomic E-state index is 6.62. The summed E-state index contributed by atoms with van der Waals surface area (Å²) in [5.74, 6) is 2.52. The lowest BCUT2D eigenvalue weighted by atomic mass is 9.87. The van der Waals surface area contributed by atoms with Crippen LogP contribution in [-0.2, 0) is 12.8 Å². The lowest BCUT2D eigenvalue weighted by molar-refractivity contribution is 0.472. The Morgan fingerprint density at radius 1 is 0.345 bits per heavy atom. The van der Waals surface area contributed by atoms with E-state index in [1.807, 2.05) is 12.1 Å². The molecule has 0 bridgehead atoms. The van der Waals surface area contributed by atoms with Gasteiger partial charge in [-0.2, -0.15) is 0 Å². The maximum Gasteiger partial charge on any atom is 0.160 e. The number of ether oxygens (including phenoxy) is 1. The molecule has 0 radical (unpaired) electrons. The van der Waals surface area contributed by atoms with Gasteiger partial charge in [-0.3, -0.25) is 0 Å². The Morgan fingerprint density at radius 3 is 1.58 bits per heavy atom. The van der Waals surface area contributed by atoms with Crippen molar-refractivity contribution in [3.8, 4) is 67.5 Å². The zero-order valence-corrected chi connectivity index (χ0v) is 30.2. The smallest absolute Gasteiger partial charge is 0.160 e. The molecule has 0 saturated heterocycles. The van der Waals surface area contributed by atoms with Gasteiger partial charge in [-0.25, -0.2) is 9.97 Å². The Kier molecular flexibility index (Phi) is 8.31. The van der Waals surface area contributed by atoms with Gasteiger partial charge < -0.3 is 4.74 Å². The molecule has 3 nitrogen and oxygen atoms in total. The van der Waals surface area contributed by atoms with Crippen molar-refractivity contribution in [3.63, 3.8) is 0 Å². The average Bonchev–Trinajstić information content (AvgIpc) is 3.27. The van der Waals surface area contributed by atoms with Crippen LogP contribution in [-0.4, -0.2) is 9.97 Å². The Labute approximate surface area is 321 Å². The van der Waals surface area contributed by atoms with Crippen LogP contribution in [0.1, 0.15) is 22.3 Å². The van der Waals surface area contributed by atoms with Gasteiger partial charge in [0.15, 0.2) is 5.82 Å². The van der Waals surface area contributed by atoms with E-state index in [2.05, 4.69) is 182 Å². The molecule has 0 spiro atoms. The molecule has 0 saturated carbocycles. The summed E-state index contributed by atoms with van der Waals surface area (Å²) in [6.07, 6.45) is 1.54. The molecule has 0 aliphatic carbocycles. The van der Waals surface area contributed by atoms with Gasteiger partial charge in [0.1, 0.15) is 11.5 Å². The van der Waals surface area contributed by atoms with Crippen molar-refractivity contribution in [1.82, 2.24) is 9.97 Å². The second-order valence-corrected chi connectivity index (χ2v) is 14.1. The molecule has 0 fully saturated rings. The third-order valence-electron chi connectivity index (χ3n) is 10.7. The number of rotatable bonds is 4. The van der Waals surface area contributed by atoms with Gasteiger partial charge in [0.25, 0.3) is 0 Å². The molecule has 0 unspecified atom stereocenters. The first-order valence-electron chi connectivity index (χ1n) is 18.8. The van der Waals surface area contributed by atoms with Crippen LogP contribution in [0.15, 0.2) is 194 Å². The third kappa shape index (κ3) is 6.36. The molecular weight excluding hydrogens is 669 g/mol. The van der Waals surface area contributed by atoms with E-state index in [0.717, 1.165) is 63.5 Å². The van der Waals surface area contributed by atoms with Crippen molar-refractivity contribution in [2.45, 2.75) is 12.8 Å². The summed E-state index contributed by atoms with van der Waals surface area (Å²) >= 11 is 0. The molecule has 260 valence electrons. The molecule has 10 rings (SSSR count). The topological polar surface area (TPSA) is 35.0 Å². The lowest BCUT2D eigenvalue weighted by Crippen LogP contribution is -1.97. The van der Waals surface area contributed by atoms with E-state index in [1.165, 1.54) is 50.1 Å². The van der Waals surface area contributed by atoms with Crippen LogP contribution >= 0.6 is 0 Å². The highest BCUT2D eigenvalue weighted by Crippen LogP contribution is 2.39. The van der Waals surface area contributed by atoms with Crippen molar-refractivity contribution in [2.24, 2.45) is 0 Å². The molecular formula is C52H36N2O. The van der Waals surface area contributed by atoms with Crippen LogP contribution in [0.2, 0.25) is 0 Å². The molecule has 0 N–H and O–H groups in total. The molecule has 1 aliphatic rings. The number of hydrogen-bond acceptors (Lipinski definition) is 3. The molecule has 9 aromatic rings. The summed E-state index contributed by atoms with van der Waals surface area (Å²) < 4.78 is 6.62. The van der Waals surface area contributed by atoms with Gasteiger partial charge >= 0.3 is 0 Å². The predicted octanol–water partition coefficient (Wildman–Crippen LogP) is 13.3. The van der Waals surface area contributed by atoms with Gasteiger partial charge in [-0.1, -0.05) is 170 Å². The van der Waals surface area contributed by atoms with E-state index in [9.17, 15) is 0 Å². The number of hydrogen-bond donors (Lipinski definition) is 0.